The van der Waals surface area contributed by atoms with Crippen molar-refractivity contribution >= 4 is 5.97 Å². The zero-order valence-electron chi connectivity index (χ0n) is 45.6. The molecule has 0 aromatic carbocycles. The SMILES string of the molecule is C=C1C[C@H](CC[C@]23OC([C@H]4C[C@@H](O2)C2O[C@@H](CC(=O)O[C@H]5[C@H](C)O[C@H]6C[C@H]7O[C@@]8(C[C@@H]9O[C@@](C)(O[C@H]%10C[C@@H](O)CO[C@H]%10CC)C[C@@H]%10CN[C@]%109O8)C[C@H]7OC6[C@@H]5N)CC[C@@H]2O4)C(O)(O)[C@H]3O)O[C@H]1CC[C@H]1C[C@@H](N)C(=C)[C@@H](C)O1. The molecule has 13 aliphatic heterocycles. The quantitative estimate of drug-likeness (QED) is 0.0826. The first-order chi connectivity index (χ1) is 37.1. The second kappa shape index (κ2) is 20.4. The van der Waals surface area contributed by atoms with Crippen LogP contribution in [0.5, 0.6) is 0 Å². The molecule has 4 bridgehead atoms. The highest BCUT2D eigenvalue weighted by molar-refractivity contribution is 5.70. The lowest BCUT2D eigenvalue weighted by molar-refractivity contribution is -0.372. The Balaban J connectivity index is 0.610. The zero-order chi connectivity index (χ0) is 54.4. The fraction of sp³-hybridized carbons (Fsp3) is 0.911. The Morgan fingerprint density at radius 3 is 2.41 bits per heavy atom. The molecule has 13 aliphatic rings. The predicted molar refractivity (Wildman–Crippen MR) is 269 cm³/mol. The Morgan fingerprint density at radius 2 is 1.63 bits per heavy atom. The van der Waals surface area contributed by atoms with E-state index in [1.807, 2.05) is 20.8 Å². The van der Waals surface area contributed by atoms with Crippen molar-refractivity contribution in [2.75, 3.05) is 13.2 Å². The summed E-state index contributed by atoms with van der Waals surface area (Å²) in [6, 6.07) is -0.799. The number of ether oxygens (including phenoxy) is 14. The summed E-state index contributed by atoms with van der Waals surface area (Å²) in [7, 11) is 0. The summed E-state index contributed by atoms with van der Waals surface area (Å²) in [5, 5.41) is 48.3. The minimum absolute atomic E-state index is 0.00780. The number of rotatable bonds is 12. The lowest BCUT2D eigenvalue weighted by Crippen LogP contribution is -2.75. The van der Waals surface area contributed by atoms with Crippen molar-refractivity contribution in [1.82, 2.24) is 5.32 Å². The number of nitrogens with two attached hydrogens (primary N) is 2. The third-order valence-corrected chi connectivity index (χ3v) is 20.2. The van der Waals surface area contributed by atoms with Gasteiger partial charge in [-0.05, 0) is 83.3 Å². The van der Waals surface area contributed by atoms with Crippen molar-refractivity contribution in [3.8, 4) is 0 Å². The van der Waals surface area contributed by atoms with Gasteiger partial charge in [0.05, 0.1) is 111 Å². The number of hydrogen-bond acceptors (Lipinski definition) is 22. The van der Waals surface area contributed by atoms with Crippen molar-refractivity contribution < 1.29 is 91.5 Å². The van der Waals surface area contributed by atoms with Gasteiger partial charge in [0, 0.05) is 63.5 Å². The topological polar surface area (TPSA) is 291 Å². The molecule has 0 aromatic rings. The van der Waals surface area contributed by atoms with Gasteiger partial charge in [0.1, 0.15) is 30.5 Å². The number of fused-ring (bicyclic) bond motifs is 9. The van der Waals surface area contributed by atoms with Crippen LogP contribution < -0.4 is 16.8 Å². The van der Waals surface area contributed by atoms with E-state index in [-0.39, 0.29) is 86.2 Å². The fourth-order valence-corrected chi connectivity index (χ4v) is 16.1. The summed E-state index contributed by atoms with van der Waals surface area (Å²) < 4.78 is 91.6. The minimum atomic E-state index is -2.64. The van der Waals surface area contributed by atoms with Crippen LogP contribution in [0.3, 0.4) is 0 Å². The second-order valence-electron chi connectivity index (χ2n) is 25.7. The first-order valence-electron chi connectivity index (χ1n) is 29.4. The van der Waals surface area contributed by atoms with Crippen molar-refractivity contribution in [1.29, 1.82) is 0 Å². The van der Waals surface area contributed by atoms with Crippen LogP contribution in [-0.2, 0) is 71.1 Å². The molecule has 13 fully saturated rings. The number of hydrogen-bond donors (Lipinski definition) is 7. The summed E-state index contributed by atoms with van der Waals surface area (Å²) in [4.78, 5) is 13.9. The van der Waals surface area contributed by atoms with Crippen LogP contribution >= 0.6 is 0 Å². The molecule has 13 saturated heterocycles. The first-order valence-corrected chi connectivity index (χ1v) is 29.4. The molecule has 22 heteroatoms. The van der Waals surface area contributed by atoms with Gasteiger partial charge < -0.3 is 98.2 Å². The van der Waals surface area contributed by atoms with Crippen LogP contribution in [0.25, 0.3) is 0 Å². The fourth-order valence-electron chi connectivity index (χ4n) is 16.1. The van der Waals surface area contributed by atoms with Gasteiger partial charge in [-0.15, -0.1) is 0 Å². The molecule has 0 saturated carbocycles. The van der Waals surface area contributed by atoms with Crippen LogP contribution in [-0.4, -0.2) is 209 Å². The van der Waals surface area contributed by atoms with Crippen molar-refractivity contribution in [2.45, 2.75) is 300 Å². The van der Waals surface area contributed by atoms with E-state index in [0.717, 1.165) is 30.5 Å². The molecular formula is C56H85N3O19. The summed E-state index contributed by atoms with van der Waals surface area (Å²) in [5.74, 6) is -6.68. The maximum atomic E-state index is 13.9. The maximum Gasteiger partial charge on any atom is 0.308 e. The van der Waals surface area contributed by atoms with Gasteiger partial charge in [0.15, 0.2) is 23.4 Å². The summed E-state index contributed by atoms with van der Waals surface area (Å²) in [6.45, 7) is 17.3. The monoisotopic (exact) mass is 1100 g/mol. The van der Waals surface area contributed by atoms with E-state index in [9.17, 15) is 25.2 Å². The molecule has 78 heavy (non-hydrogen) atoms. The number of esters is 1. The molecule has 3 unspecified atom stereocenters. The van der Waals surface area contributed by atoms with E-state index < -0.39 is 114 Å². The van der Waals surface area contributed by atoms with Crippen molar-refractivity contribution in [3.05, 3.63) is 24.3 Å². The molecule has 28 atom stereocenters. The third-order valence-electron chi connectivity index (χ3n) is 20.2. The lowest BCUT2D eigenvalue weighted by atomic mass is 9.76. The van der Waals surface area contributed by atoms with Crippen LogP contribution in [0.4, 0.5) is 0 Å². The summed E-state index contributed by atoms with van der Waals surface area (Å²) in [5.41, 5.74) is 14.5. The molecule has 0 aromatic heterocycles. The maximum absolute atomic E-state index is 13.9. The molecule has 0 radical (unpaired) electrons. The highest BCUT2D eigenvalue weighted by Crippen LogP contribution is 2.59. The number of aliphatic hydroxyl groups is 4. The smallest absolute Gasteiger partial charge is 0.308 e. The highest BCUT2D eigenvalue weighted by Gasteiger charge is 2.73. The number of nitrogens with one attached hydrogen (secondary N) is 1. The molecule has 9 N–H and O–H groups in total. The van der Waals surface area contributed by atoms with E-state index in [2.05, 4.69) is 25.4 Å². The van der Waals surface area contributed by atoms with E-state index in [4.69, 9.17) is 77.8 Å². The molecule has 2 spiro atoms. The summed E-state index contributed by atoms with van der Waals surface area (Å²) >= 11 is 0. The number of carbonyl (C=O) groups is 1. The normalized spacial score (nSPS) is 54.8. The molecule has 0 aliphatic carbocycles. The average molecular weight is 1100 g/mol. The molecule has 13 heterocycles. The molecular weight excluding hydrogens is 1020 g/mol. The zero-order valence-corrected chi connectivity index (χ0v) is 45.6. The Kier molecular flexibility index (Phi) is 14.5. The third kappa shape index (κ3) is 9.61. The number of aliphatic hydroxyl groups excluding tert-OH is 2. The molecule has 13 rings (SSSR count). The van der Waals surface area contributed by atoms with Gasteiger partial charge in [-0.2, -0.15) is 0 Å². The number of carbonyl (C=O) groups excluding carboxylic acids is 1. The van der Waals surface area contributed by atoms with Crippen LogP contribution in [0, 0.1) is 5.92 Å². The van der Waals surface area contributed by atoms with Gasteiger partial charge >= 0.3 is 5.97 Å². The molecule has 22 nitrogen and oxygen atoms in total. The van der Waals surface area contributed by atoms with Gasteiger partial charge in [-0.3, -0.25) is 10.1 Å². The first kappa shape index (κ1) is 55.3. The Hall–Kier alpha value is -1.85. The Labute approximate surface area is 456 Å². The van der Waals surface area contributed by atoms with E-state index >= 15 is 0 Å². The van der Waals surface area contributed by atoms with E-state index in [1.165, 1.54) is 0 Å². The second-order valence-corrected chi connectivity index (χ2v) is 25.7. The van der Waals surface area contributed by atoms with Crippen molar-refractivity contribution in [3.63, 3.8) is 0 Å². The van der Waals surface area contributed by atoms with Crippen molar-refractivity contribution in [2.24, 2.45) is 17.4 Å². The van der Waals surface area contributed by atoms with Gasteiger partial charge in [0.25, 0.3) is 0 Å². The Morgan fingerprint density at radius 1 is 0.808 bits per heavy atom. The average Bonchev–Trinajstić information content (AvgIpc) is 4.15. The highest BCUT2D eigenvalue weighted by atomic mass is 16.8. The van der Waals surface area contributed by atoms with Gasteiger partial charge in [-0.25, -0.2) is 0 Å². The predicted octanol–water partition coefficient (Wildman–Crippen LogP) is 1.41. The Bertz CT molecular complexity index is 2270. The van der Waals surface area contributed by atoms with Gasteiger partial charge in [-0.1, -0.05) is 20.1 Å². The lowest BCUT2D eigenvalue weighted by Gasteiger charge is -2.58. The standard InChI is InChI=1S/C56H85N3O19/c1-7-35-38(15-30(60)24-65-35)73-52(6)20-29-23-59-55(29)44(76-52)22-53(78-55)21-43-39(74-53)18-40-49(71-43)46(58)47(28(5)67-40)72-45(61)17-32-9-11-37-48(69-32)41-19-42(70-37)50-56(63,64)51(62)54(75-41,77-50)13-12-33-14-25(2)36(68-33)10-8-31-16-34(57)26(3)27(4)66-31/h27-44,46-51,59-60,62-64H,2-3,7-24,57-58H2,1,4-6H3/t27-,28+,29-,30-,31+,32-,33+,34-,35+,36+,37+,38+,39-,40+,41-,42-,43-,44+,46-,47+,48?,49?,50?,51+,52-,53+,54-,55+/m1/s1. The van der Waals surface area contributed by atoms with E-state index in [1.54, 1.807) is 0 Å². The molecule has 438 valence electrons. The molecule has 0 amide bonds. The van der Waals surface area contributed by atoms with Crippen LogP contribution in [0.15, 0.2) is 24.3 Å². The van der Waals surface area contributed by atoms with E-state index in [0.29, 0.717) is 77.2 Å². The van der Waals surface area contributed by atoms with Gasteiger partial charge in [0.2, 0.25) is 11.6 Å². The van der Waals surface area contributed by atoms with Crippen LogP contribution in [0.2, 0.25) is 0 Å². The van der Waals surface area contributed by atoms with Crippen LogP contribution in [0.1, 0.15) is 130 Å². The summed E-state index contributed by atoms with van der Waals surface area (Å²) in [6.07, 6.45) is -3.43. The minimum Gasteiger partial charge on any atom is -0.458 e. The largest absolute Gasteiger partial charge is 0.458 e.